The molecule has 0 unspecified atom stereocenters. The molecule has 0 atom stereocenters. The number of rotatable bonds is 3. The molecule has 2 aromatic rings. The van der Waals surface area contributed by atoms with Gasteiger partial charge in [0.15, 0.2) is 5.69 Å². The molecular weight excluding hydrogens is 351 g/mol. The lowest BCUT2D eigenvalue weighted by Crippen LogP contribution is -2.16. The predicted molar refractivity (Wildman–Crippen MR) is 77.0 cm³/mol. The van der Waals surface area contributed by atoms with Gasteiger partial charge < -0.3 is 5.32 Å². The first-order valence-electron chi connectivity index (χ1n) is 5.75. The predicted octanol–water partition coefficient (Wildman–Crippen LogP) is 3.60. The van der Waals surface area contributed by atoms with Gasteiger partial charge in [0.05, 0.1) is 0 Å². The monoisotopic (exact) mass is 361 g/mol. The van der Waals surface area contributed by atoms with Crippen LogP contribution in [-0.4, -0.2) is 9.97 Å². The van der Waals surface area contributed by atoms with Crippen LogP contribution in [0, 0.1) is 6.92 Å². The minimum Gasteiger partial charge on any atom is -0.340 e. The Labute approximate surface area is 126 Å². The van der Waals surface area contributed by atoms with Crippen molar-refractivity contribution in [1.29, 1.82) is 0 Å². The molecule has 0 saturated heterocycles. The first-order chi connectivity index (χ1) is 9.79. The van der Waals surface area contributed by atoms with E-state index in [9.17, 15) is 13.2 Å². The fourth-order valence-corrected chi connectivity index (χ4v) is 1.95. The molecular formula is C12H11BrF3N5. The Kier molecular flexibility index (Phi) is 4.33. The number of halogens is 4. The average Bonchev–Trinajstić information content (AvgIpc) is 2.41. The van der Waals surface area contributed by atoms with Gasteiger partial charge in [0.2, 0.25) is 5.95 Å². The highest BCUT2D eigenvalue weighted by molar-refractivity contribution is 9.10. The number of nitrogens with one attached hydrogen (secondary N) is 2. The molecule has 112 valence electrons. The molecule has 5 nitrogen and oxygen atoms in total. The highest BCUT2D eigenvalue weighted by atomic mass is 79.9. The summed E-state index contributed by atoms with van der Waals surface area (Å²) in [5, 5.41) is 2.82. The van der Waals surface area contributed by atoms with Gasteiger partial charge >= 0.3 is 6.18 Å². The largest absolute Gasteiger partial charge is 0.433 e. The topological polar surface area (TPSA) is 75.9 Å². The number of benzene rings is 1. The van der Waals surface area contributed by atoms with Gasteiger partial charge in [-0.15, -0.1) is 0 Å². The van der Waals surface area contributed by atoms with Crippen molar-refractivity contribution >= 4 is 33.4 Å². The molecule has 0 saturated carbocycles. The van der Waals surface area contributed by atoms with Crippen molar-refractivity contribution in [1.82, 2.24) is 9.97 Å². The molecule has 0 aliphatic carbocycles. The number of nitrogens with two attached hydrogens (primary N) is 1. The van der Waals surface area contributed by atoms with Gasteiger partial charge in [-0.05, 0) is 24.6 Å². The summed E-state index contributed by atoms with van der Waals surface area (Å²) in [6, 6.07) is 6.20. The van der Waals surface area contributed by atoms with E-state index in [2.05, 4.69) is 31.2 Å². The molecule has 4 N–H and O–H groups in total. The smallest absolute Gasteiger partial charge is 0.340 e. The minimum atomic E-state index is -4.59. The van der Waals surface area contributed by atoms with Crippen LogP contribution in [0.4, 0.5) is 30.6 Å². The van der Waals surface area contributed by atoms with E-state index in [0.717, 1.165) is 16.1 Å². The summed E-state index contributed by atoms with van der Waals surface area (Å²) in [4.78, 5) is 7.14. The number of hydrogen-bond acceptors (Lipinski definition) is 5. The summed E-state index contributed by atoms with van der Waals surface area (Å²) in [5.41, 5.74) is 2.42. The van der Waals surface area contributed by atoms with E-state index in [0.29, 0.717) is 5.69 Å². The van der Waals surface area contributed by atoms with Crippen molar-refractivity contribution in [2.24, 2.45) is 5.84 Å². The van der Waals surface area contributed by atoms with Crippen LogP contribution >= 0.6 is 15.9 Å². The van der Waals surface area contributed by atoms with Crippen molar-refractivity contribution in [3.8, 4) is 0 Å². The third kappa shape index (κ3) is 3.82. The summed E-state index contributed by atoms with van der Waals surface area (Å²) in [5.74, 6) is 4.77. The van der Waals surface area contributed by atoms with Gasteiger partial charge in [0, 0.05) is 16.2 Å². The number of aromatic nitrogens is 2. The number of anilines is 3. The normalized spacial score (nSPS) is 11.3. The van der Waals surface area contributed by atoms with Crippen LogP contribution in [0.2, 0.25) is 0 Å². The number of alkyl halides is 3. The van der Waals surface area contributed by atoms with Gasteiger partial charge in [-0.2, -0.15) is 18.2 Å². The summed E-state index contributed by atoms with van der Waals surface area (Å²) < 4.78 is 39.1. The number of hydrazine groups is 1. The van der Waals surface area contributed by atoms with Crippen LogP contribution in [0.15, 0.2) is 28.7 Å². The lowest BCUT2D eigenvalue weighted by molar-refractivity contribution is -0.141. The van der Waals surface area contributed by atoms with Crippen LogP contribution in [-0.2, 0) is 6.18 Å². The summed E-state index contributed by atoms with van der Waals surface area (Å²) in [7, 11) is 0. The van der Waals surface area contributed by atoms with E-state index >= 15 is 0 Å². The molecule has 1 aromatic heterocycles. The van der Waals surface area contributed by atoms with Crippen molar-refractivity contribution < 1.29 is 13.2 Å². The molecule has 0 aliphatic rings. The second-order valence-electron chi connectivity index (χ2n) is 4.19. The average molecular weight is 362 g/mol. The minimum absolute atomic E-state index is 0.00789. The van der Waals surface area contributed by atoms with Gasteiger partial charge in [0.25, 0.3) is 0 Å². The summed E-state index contributed by atoms with van der Waals surface area (Å²) in [6.07, 6.45) is -4.59. The Hall–Kier alpha value is -1.87. The lowest BCUT2D eigenvalue weighted by Gasteiger charge is -2.13. The molecule has 0 radical (unpaired) electrons. The zero-order chi connectivity index (χ0) is 15.6. The first-order valence-corrected chi connectivity index (χ1v) is 6.55. The maximum absolute atomic E-state index is 12.8. The number of nitrogen functional groups attached to an aromatic ring is 1. The standard InChI is InChI=1S/C12H11BrF3N5/c1-6-2-3-7(13)4-8(6)18-10-5-9(12(14,15)16)19-11(20-10)21-17/h2-5H,17H2,1H3,(H2,18,19,20,21). The molecule has 1 aromatic carbocycles. The molecule has 0 spiro atoms. The maximum atomic E-state index is 12.8. The van der Waals surface area contributed by atoms with E-state index in [1.807, 2.05) is 24.5 Å². The molecule has 2 rings (SSSR count). The van der Waals surface area contributed by atoms with Crippen LogP contribution in [0.3, 0.4) is 0 Å². The maximum Gasteiger partial charge on any atom is 0.433 e. The SMILES string of the molecule is Cc1ccc(Br)cc1Nc1cc(C(F)(F)F)nc(NN)n1. The molecule has 21 heavy (non-hydrogen) atoms. The first kappa shape index (κ1) is 15.5. The summed E-state index contributed by atoms with van der Waals surface area (Å²) in [6.45, 7) is 1.82. The Bertz CT molecular complexity index is 660. The van der Waals surface area contributed by atoms with E-state index in [4.69, 9.17) is 5.84 Å². The Balaban J connectivity index is 2.42. The zero-order valence-electron chi connectivity index (χ0n) is 10.8. The van der Waals surface area contributed by atoms with E-state index in [-0.39, 0.29) is 11.8 Å². The zero-order valence-corrected chi connectivity index (χ0v) is 12.4. The fourth-order valence-electron chi connectivity index (χ4n) is 1.59. The van der Waals surface area contributed by atoms with Gasteiger partial charge in [-0.1, -0.05) is 22.0 Å². The van der Waals surface area contributed by atoms with E-state index in [1.54, 1.807) is 6.07 Å². The molecule has 0 amide bonds. The fraction of sp³-hybridized carbons (Fsp3) is 0.167. The number of nitrogens with zero attached hydrogens (tertiary/aromatic N) is 2. The Morgan fingerprint density at radius 2 is 1.90 bits per heavy atom. The molecule has 0 fully saturated rings. The molecule has 0 bridgehead atoms. The van der Waals surface area contributed by atoms with Crippen molar-refractivity contribution in [2.75, 3.05) is 10.7 Å². The van der Waals surface area contributed by atoms with Crippen molar-refractivity contribution in [3.63, 3.8) is 0 Å². The molecule has 1 heterocycles. The number of aryl methyl sites for hydroxylation is 1. The third-order valence-electron chi connectivity index (χ3n) is 2.61. The second kappa shape index (κ2) is 5.86. The van der Waals surface area contributed by atoms with Gasteiger partial charge in [-0.3, -0.25) is 5.43 Å². The second-order valence-corrected chi connectivity index (χ2v) is 5.10. The van der Waals surface area contributed by atoms with Crippen LogP contribution in [0.5, 0.6) is 0 Å². The number of hydrogen-bond donors (Lipinski definition) is 3. The van der Waals surface area contributed by atoms with Crippen LogP contribution in [0.1, 0.15) is 11.3 Å². The molecule has 0 aliphatic heterocycles. The quantitative estimate of drug-likeness (QED) is 0.575. The van der Waals surface area contributed by atoms with Crippen LogP contribution in [0.25, 0.3) is 0 Å². The van der Waals surface area contributed by atoms with Crippen LogP contribution < -0.4 is 16.6 Å². The van der Waals surface area contributed by atoms with Crippen molar-refractivity contribution in [2.45, 2.75) is 13.1 Å². The highest BCUT2D eigenvalue weighted by Gasteiger charge is 2.33. The summed E-state index contributed by atoms with van der Waals surface area (Å²) >= 11 is 3.30. The van der Waals surface area contributed by atoms with Crippen molar-refractivity contribution in [3.05, 3.63) is 40.0 Å². The Morgan fingerprint density at radius 1 is 1.19 bits per heavy atom. The lowest BCUT2D eigenvalue weighted by atomic mass is 10.2. The molecule has 9 heteroatoms. The van der Waals surface area contributed by atoms with Gasteiger partial charge in [0.1, 0.15) is 5.82 Å². The van der Waals surface area contributed by atoms with E-state index < -0.39 is 11.9 Å². The van der Waals surface area contributed by atoms with E-state index in [1.165, 1.54) is 0 Å². The third-order valence-corrected chi connectivity index (χ3v) is 3.10. The highest BCUT2D eigenvalue weighted by Crippen LogP contribution is 2.31. The van der Waals surface area contributed by atoms with Gasteiger partial charge in [-0.25, -0.2) is 10.8 Å². The Morgan fingerprint density at radius 3 is 2.52 bits per heavy atom.